The third kappa shape index (κ3) is 2.06. The van der Waals surface area contributed by atoms with Crippen LogP contribution in [0.5, 0.6) is 0 Å². The molecular formula is C13H11FN2S. The van der Waals surface area contributed by atoms with Crippen molar-refractivity contribution in [2.45, 2.75) is 5.03 Å². The largest absolute Gasteiger partial charge is 0.344 e. The molecule has 0 fully saturated rings. The van der Waals surface area contributed by atoms with Crippen molar-refractivity contribution in [3.05, 3.63) is 41.8 Å². The summed E-state index contributed by atoms with van der Waals surface area (Å²) in [5.74, 6) is -0.270. The van der Waals surface area contributed by atoms with Crippen molar-refractivity contribution in [2.75, 3.05) is 6.26 Å². The molecule has 0 radical (unpaired) electrons. The van der Waals surface area contributed by atoms with Crippen molar-refractivity contribution in [3.8, 4) is 17.2 Å². The summed E-state index contributed by atoms with van der Waals surface area (Å²) in [5.41, 5.74) is 2.35. The van der Waals surface area contributed by atoms with Crippen molar-refractivity contribution in [1.29, 1.82) is 5.26 Å². The number of nitriles is 1. The first-order valence-corrected chi connectivity index (χ1v) is 6.29. The van der Waals surface area contributed by atoms with E-state index >= 15 is 0 Å². The second-order valence-corrected chi connectivity index (χ2v) is 4.45. The highest BCUT2D eigenvalue weighted by Crippen LogP contribution is 2.31. The molecular weight excluding hydrogens is 235 g/mol. The lowest BCUT2D eigenvalue weighted by Crippen LogP contribution is -1.87. The van der Waals surface area contributed by atoms with Crippen molar-refractivity contribution in [1.82, 2.24) is 4.57 Å². The minimum absolute atomic E-state index is 0.270. The molecule has 0 bridgehead atoms. The number of aromatic nitrogens is 1. The van der Waals surface area contributed by atoms with Crippen LogP contribution in [0.25, 0.3) is 11.1 Å². The number of benzene rings is 1. The third-order valence-electron chi connectivity index (χ3n) is 2.59. The average molecular weight is 246 g/mol. The Morgan fingerprint density at radius 1 is 1.29 bits per heavy atom. The molecule has 86 valence electrons. The van der Waals surface area contributed by atoms with Gasteiger partial charge in [-0.1, -0.05) is 12.1 Å². The van der Waals surface area contributed by atoms with Gasteiger partial charge in [-0.15, -0.1) is 11.8 Å². The first-order valence-electron chi connectivity index (χ1n) is 5.06. The predicted molar refractivity (Wildman–Crippen MR) is 67.3 cm³/mol. The van der Waals surface area contributed by atoms with E-state index in [1.54, 1.807) is 12.1 Å². The summed E-state index contributed by atoms with van der Waals surface area (Å²) in [6, 6.07) is 8.40. The molecule has 2 rings (SSSR count). The maximum atomic E-state index is 12.9. The number of aryl methyl sites for hydroxylation is 1. The number of nitrogens with zero attached hydrogens (tertiary/aromatic N) is 2. The Kier molecular flexibility index (Phi) is 3.21. The average Bonchev–Trinajstić information content (AvgIpc) is 2.66. The van der Waals surface area contributed by atoms with E-state index in [0.717, 1.165) is 16.2 Å². The van der Waals surface area contributed by atoms with Gasteiger partial charge in [0, 0.05) is 18.8 Å². The molecule has 2 nitrogen and oxygen atoms in total. The lowest BCUT2D eigenvalue weighted by atomic mass is 10.1. The zero-order valence-electron chi connectivity index (χ0n) is 9.57. The Morgan fingerprint density at radius 2 is 1.94 bits per heavy atom. The van der Waals surface area contributed by atoms with Crippen LogP contribution in [0.4, 0.5) is 4.39 Å². The molecule has 0 N–H and O–H groups in total. The molecule has 0 aliphatic rings. The van der Waals surface area contributed by atoms with E-state index in [9.17, 15) is 9.65 Å². The van der Waals surface area contributed by atoms with Gasteiger partial charge in [-0.25, -0.2) is 4.39 Å². The molecule has 0 saturated carbocycles. The molecule has 0 spiro atoms. The van der Waals surface area contributed by atoms with Gasteiger partial charge >= 0.3 is 0 Å². The van der Waals surface area contributed by atoms with Gasteiger partial charge in [0.15, 0.2) is 0 Å². The van der Waals surface area contributed by atoms with Crippen molar-refractivity contribution >= 4 is 11.8 Å². The zero-order valence-corrected chi connectivity index (χ0v) is 10.4. The van der Waals surface area contributed by atoms with E-state index in [-0.39, 0.29) is 5.82 Å². The first kappa shape index (κ1) is 11.7. The van der Waals surface area contributed by atoms with Crippen LogP contribution in [-0.2, 0) is 7.05 Å². The number of hydrogen-bond donors (Lipinski definition) is 0. The minimum Gasteiger partial charge on any atom is -0.344 e. The van der Waals surface area contributed by atoms with E-state index in [2.05, 4.69) is 6.07 Å². The Bertz CT molecular complexity index is 579. The summed E-state index contributed by atoms with van der Waals surface area (Å²) >= 11 is 1.53. The number of hydrogen-bond acceptors (Lipinski definition) is 2. The molecule has 1 aromatic carbocycles. The highest BCUT2D eigenvalue weighted by atomic mass is 32.2. The summed E-state index contributed by atoms with van der Waals surface area (Å²) in [7, 11) is 1.90. The van der Waals surface area contributed by atoms with Crippen LogP contribution in [0, 0.1) is 17.1 Å². The molecule has 0 aliphatic heterocycles. The van der Waals surface area contributed by atoms with E-state index in [1.165, 1.54) is 23.9 Å². The van der Waals surface area contributed by atoms with E-state index in [4.69, 9.17) is 0 Å². The van der Waals surface area contributed by atoms with Gasteiger partial charge in [-0.05, 0) is 24.0 Å². The molecule has 4 heteroatoms. The van der Waals surface area contributed by atoms with E-state index in [0.29, 0.717) is 5.56 Å². The fourth-order valence-corrected chi connectivity index (χ4v) is 2.51. The van der Waals surface area contributed by atoms with Crippen molar-refractivity contribution in [2.24, 2.45) is 7.05 Å². The van der Waals surface area contributed by atoms with E-state index in [1.807, 2.05) is 24.1 Å². The van der Waals surface area contributed by atoms with Gasteiger partial charge in [0.25, 0.3) is 0 Å². The highest BCUT2D eigenvalue weighted by molar-refractivity contribution is 7.98. The summed E-state index contributed by atoms with van der Waals surface area (Å²) in [5, 5.41) is 10.1. The van der Waals surface area contributed by atoms with Crippen LogP contribution < -0.4 is 0 Å². The van der Waals surface area contributed by atoms with Gasteiger partial charge in [0.05, 0.1) is 10.6 Å². The van der Waals surface area contributed by atoms with Crippen molar-refractivity contribution < 1.29 is 4.39 Å². The quantitative estimate of drug-likeness (QED) is 0.760. The fraction of sp³-hybridized carbons (Fsp3) is 0.154. The van der Waals surface area contributed by atoms with Crippen LogP contribution in [0.15, 0.2) is 35.5 Å². The molecule has 0 aliphatic carbocycles. The molecule has 1 aromatic heterocycles. The number of rotatable bonds is 2. The Hall–Kier alpha value is -1.73. The van der Waals surface area contributed by atoms with Gasteiger partial charge in [0.2, 0.25) is 0 Å². The second-order valence-electron chi connectivity index (χ2n) is 3.66. The molecule has 0 unspecified atom stereocenters. The minimum atomic E-state index is -0.270. The maximum Gasteiger partial charge on any atom is 0.123 e. The Morgan fingerprint density at radius 3 is 2.47 bits per heavy atom. The van der Waals surface area contributed by atoms with E-state index < -0.39 is 0 Å². The molecule has 0 saturated heterocycles. The summed E-state index contributed by atoms with van der Waals surface area (Å²) < 4.78 is 14.8. The van der Waals surface area contributed by atoms with Crippen LogP contribution in [-0.4, -0.2) is 10.8 Å². The summed E-state index contributed by atoms with van der Waals surface area (Å²) in [6.07, 6.45) is 3.84. The lowest BCUT2D eigenvalue weighted by molar-refractivity contribution is 0.628. The van der Waals surface area contributed by atoms with Gasteiger partial charge < -0.3 is 4.57 Å². The number of thioether (sulfide) groups is 1. The zero-order chi connectivity index (χ0) is 12.4. The third-order valence-corrected chi connectivity index (χ3v) is 3.47. The predicted octanol–water partition coefficient (Wildman–Crippen LogP) is 3.42. The number of halogens is 1. The van der Waals surface area contributed by atoms with Gasteiger partial charge in [0.1, 0.15) is 11.9 Å². The standard InChI is InChI=1S/C13H11FN2S/c1-16-8-12(11(7-15)13(16)17-2)9-3-5-10(14)6-4-9/h3-6,8H,1-2H3. The van der Waals surface area contributed by atoms with Gasteiger partial charge in [-0.3, -0.25) is 0 Å². The Labute approximate surface area is 104 Å². The smallest absolute Gasteiger partial charge is 0.123 e. The Balaban J connectivity index is 2.60. The van der Waals surface area contributed by atoms with Gasteiger partial charge in [-0.2, -0.15) is 5.26 Å². The first-order chi connectivity index (χ1) is 8.17. The molecule has 1 heterocycles. The van der Waals surface area contributed by atoms with Crippen LogP contribution in [0.2, 0.25) is 0 Å². The SMILES string of the molecule is CSc1c(C#N)c(-c2ccc(F)cc2)cn1C. The van der Waals surface area contributed by atoms with Crippen molar-refractivity contribution in [3.63, 3.8) is 0 Å². The molecule has 0 amide bonds. The molecule has 0 atom stereocenters. The molecule has 2 aromatic rings. The van der Waals surface area contributed by atoms with Crippen LogP contribution in [0.1, 0.15) is 5.56 Å². The fourth-order valence-electron chi connectivity index (χ4n) is 1.81. The maximum absolute atomic E-state index is 12.9. The summed E-state index contributed by atoms with van der Waals surface area (Å²) in [6.45, 7) is 0. The highest BCUT2D eigenvalue weighted by Gasteiger charge is 2.14. The second kappa shape index (κ2) is 4.64. The van der Waals surface area contributed by atoms with Crippen LogP contribution in [0.3, 0.4) is 0 Å². The monoisotopic (exact) mass is 246 g/mol. The summed E-state index contributed by atoms with van der Waals surface area (Å²) in [4.78, 5) is 0. The van der Waals surface area contributed by atoms with Crippen LogP contribution >= 0.6 is 11.8 Å². The molecule has 17 heavy (non-hydrogen) atoms. The lowest BCUT2D eigenvalue weighted by Gasteiger charge is -1.99. The topological polar surface area (TPSA) is 28.7 Å². The normalized spacial score (nSPS) is 10.2.